The van der Waals surface area contributed by atoms with Crippen molar-refractivity contribution < 1.29 is 27.4 Å². The lowest BCUT2D eigenvalue weighted by atomic mass is 10.0. The Bertz CT molecular complexity index is 1450. The van der Waals surface area contributed by atoms with E-state index in [1.165, 1.54) is 4.31 Å². The Hall–Kier alpha value is -4.01. The van der Waals surface area contributed by atoms with Crippen LogP contribution in [0.5, 0.6) is 23.0 Å². The van der Waals surface area contributed by atoms with Gasteiger partial charge in [0.2, 0.25) is 10.0 Å². The highest BCUT2D eigenvalue weighted by Crippen LogP contribution is 2.30. The van der Waals surface area contributed by atoms with Crippen LogP contribution in [-0.2, 0) is 29.5 Å². The standard InChI is InChI=1S/C32H35NO6S/c1-36-29-16-14-27(31(20-29)38-3)22-33(23-28-15-17-30(37-2)21-32(28)39-4)40(34,35)19-18-24-10-12-26(13-11-24)25-8-6-5-7-9-25/h5-17,20-21H,18-19,22-23H2,1-4H3. The highest BCUT2D eigenvalue weighted by molar-refractivity contribution is 7.89. The van der Waals surface area contributed by atoms with E-state index in [2.05, 4.69) is 12.1 Å². The molecule has 4 aromatic rings. The maximum atomic E-state index is 13.8. The molecule has 0 unspecified atom stereocenters. The molecule has 0 heterocycles. The molecule has 0 aliphatic rings. The van der Waals surface area contributed by atoms with E-state index in [-0.39, 0.29) is 18.8 Å². The van der Waals surface area contributed by atoms with Crippen LogP contribution >= 0.6 is 0 Å². The fourth-order valence-corrected chi connectivity index (χ4v) is 5.89. The maximum absolute atomic E-state index is 13.8. The van der Waals surface area contributed by atoms with Crippen molar-refractivity contribution in [1.82, 2.24) is 4.31 Å². The summed E-state index contributed by atoms with van der Waals surface area (Å²) in [6, 6.07) is 28.9. The molecule has 8 heteroatoms. The summed E-state index contributed by atoms with van der Waals surface area (Å²) in [5.41, 5.74) is 4.62. The second-order valence-electron chi connectivity index (χ2n) is 9.25. The SMILES string of the molecule is COc1ccc(CN(Cc2ccc(OC)cc2OC)S(=O)(=O)CCc2ccc(-c3ccccc3)cc2)c(OC)c1. The number of rotatable bonds is 13. The van der Waals surface area contributed by atoms with Gasteiger partial charge in [0.25, 0.3) is 0 Å². The number of hydrogen-bond acceptors (Lipinski definition) is 6. The lowest BCUT2D eigenvalue weighted by molar-refractivity contribution is 0.358. The molecule has 0 saturated heterocycles. The van der Waals surface area contributed by atoms with Gasteiger partial charge in [-0.2, -0.15) is 4.31 Å². The van der Waals surface area contributed by atoms with E-state index in [0.29, 0.717) is 29.4 Å². The summed E-state index contributed by atoms with van der Waals surface area (Å²) < 4.78 is 50.9. The fraction of sp³-hybridized carbons (Fsp3) is 0.250. The van der Waals surface area contributed by atoms with Crippen molar-refractivity contribution >= 4 is 10.0 Å². The van der Waals surface area contributed by atoms with E-state index in [0.717, 1.165) is 27.8 Å². The molecule has 0 amide bonds. The topological polar surface area (TPSA) is 74.3 Å². The largest absolute Gasteiger partial charge is 0.497 e. The van der Waals surface area contributed by atoms with Crippen molar-refractivity contribution in [3.05, 3.63) is 108 Å². The van der Waals surface area contributed by atoms with Crippen molar-refractivity contribution in [3.8, 4) is 34.1 Å². The summed E-state index contributed by atoms with van der Waals surface area (Å²) in [6.07, 6.45) is 0.382. The third-order valence-electron chi connectivity index (χ3n) is 6.79. The highest BCUT2D eigenvalue weighted by atomic mass is 32.2. The van der Waals surface area contributed by atoms with Crippen LogP contribution in [0.4, 0.5) is 0 Å². The number of sulfonamides is 1. The van der Waals surface area contributed by atoms with Crippen molar-refractivity contribution in [2.24, 2.45) is 0 Å². The third-order valence-corrected chi connectivity index (χ3v) is 8.55. The second-order valence-corrected chi connectivity index (χ2v) is 11.3. The summed E-state index contributed by atoms with van der Waals surface area (Å²) >= 11 is 0. The molecule has 4 aromatic carbocycles. The third kappa shape index (κ3) is 7.14. The van der Waals surface area contributed by atoms with Gasteiger partial charge in [-0.15, -0.1) is 0 Å². The number of aryl methyl sites for hydroxylation is 1. The van der Waals surface area contributed by atoms with Gasteiger partial charge in [-0.05, 0) is 35.2 Å². The molecule has 0 aliphatic carbocycles. The first-order valence-corrected chi connectivity index (χ1v) is 14.5. The number of methoxy groups -OCH3 is 4. The van der Waals surface area contributed by atoms with Crippen LogP contribution in [0, 0.1) is 0 Å². The lowest BCUT2D eigenvalue weighted by Crippen LogP contribution is -2.33. The Balaban J connectivity index is 1.59. The van der Waals surface area contributed by atoms with E-state index in [1.54, 1.807) is 52.7 Å². The number of hydrogen-bond donors (Lipinski definition) is 0. The quantitative estimate of drug-likeness (QED) is 0.201. The molecule has 0 radical (unpaired) electrons. The molecule has 0 atom stereocenters. The fourth-order valence-electron chi connectivity index (χ4n) is 4.47. The first-order chi connectivity index (χ1) is 19.4. The Kier molecular flexibility index (Phi) is 9.69. The summed E-state index contributed by atoms with van der Waals surface area (Å²) in [5.74, 6) is 2.32. The number of benzene rings is 4. The van der Waals surface area contributed by atoms with Gasteiger partial charge >= 0.3 is 0 Å². The van der Waals surface area contributed by atoms with Gasteiger partial charge < -0.3 is 18.9 Å². The number of ether oxygens (including phenoxy) is 4. The Morgan fingerprint density at radius 1 is 0.600 bits per heavy atom. The molecule has 7 nitrogen and oxygen atoms in total. The minimum absolute atomic E-state index is 0.0470. The van der Waals surface area contributed by atoms with Crippen LogP contribution in [0.15, 0.2) is 91.0 Å². The average molecular weight is 562 g/mol. The van der Waals surface area contributed by atoms with E-state index in [1.807, 2.05) is 54.6 Å². The molecule has 4 rings (SSSR count). The second kappa shape index (κ2) is 13.4. The van der Waals surface area contributed by atoms with E-state index >= 15 is 0 Å². The minimum Gasteiger partial charge on any atom is -0.497 e. The Morgan fingerprint density at radius 2 is 1.10 bits per heavy atom. The first kappa shape index (κ1) is 29.0. The summed E-state index contributed by atoms with van der Waals surface area (Å²) in [7, 11) is 2.57. The predicted octanol–water partition coefficient (Wildman–Crippen LogP) is 5.96. The zero-order valence-corrected chi connectivity index (χ0v) is 24.1. The van der Waals surface area contributed by atoms with Crippen molar-refractivity contribution in [2.75, 3.05) is 34.2 Å². The van der Waals surface area contributed by atoms with Crippen molar-refractivity contribution in [3.63, 3.8) is 0 Å². The van der Waals surface area contributed by atoms with Gasteiger partial charge in [-0.25, -0.2) is 8.42 Å². The average Bonchev–Trinajstić information content (AvgIpc) is 3.00. The van der Waals surface area contributed by atoms with E-state index < -0.39 is 10.0 Å². The molecule has 0 fully saturated rings. The molecule has 0 aromatic heterocycles. The predicted molar refractivity (Wildman–Crippen MR) is 158 cm³/mol. The molecule has 210 valence electrons. The molecule has 0 aliphatic heterocycles. The minimum atomic E-state index is -3.70. The van der Waals surface area contributed by atoms with E-state index in [9.17, 15) is 8.42 Å². The number of nitrogens with zero attached hydrogens (tertiary/aromatic N) is 1. The zero-order chi connectivity index (χ0) is 28.5. The molecule has 0 bridgehead atoms. The van der Waals surface area contributed by atoms with Gasteiger partial charge in [-0.1, -0.05) is 66.7 Å². The molecular weight excluding hydrogens is 526 g/mol. The van der Waals surface area contributed by atoms with Crippen LogP contribution in [0.3, 0.4) is 0 Å². The Morgan fingerprint density at radius 3 is 1.57 bits per heavy atom. The van der Waals surface area contributed by atoms with Crippen LogP contribution in [0.25, 0.3) is 11.1 Å². The molecule has 0 spiro atoms. The molecule has 40 heavy (non-hydrogen) atoms. The Labute approximate surface area is 236 Å². The van der Waals surface area contributed by atoms with Crippen molar-refractivity contribution in [2.45, 2.75) is 19.5 Å². The van der Waals surface area contributed by atoms with Gasteiger partial charge in [0.05, 0.1) is 34.2 Å². The summed E-state index contributed by atoms with van der Waals surface area (Å²) in [5, 5.41) is 0. The molecule has 0 N–H and O–H groups in total. The zero-order valence-electron chi connectivity index (χ0n) is 23.3. The maximum Gasteiger partial charge on any atom is 0.215 e. The summed E-state index contributed by atoms with van der Waals surface area (Å²) in [4.78, 5) is 0. The monoisotopic (exact) mass is 561 g/mol. The van der Waals surface area contributed by atoms with Crippen molar-refractivity contribution in [1.29, 1.82) is 0 Å². The van der Waals surface area contributed by atoms with Crippen LogP contribution < -0.4 is 18.9 Å². The van der Waals surface area contributed by atoms with Gasteiger partial charge in [0.1, 0.15) is 23.0 Å². The van der Waals surface area contributed by atoms with Gasteiger partial charge in [0.15, 0.2) is 0 Å². The van der Waals surface area contributed by atoms with Gasteiger partial charge in [-0.3, -0.25) is 0 Å². The van der Waals surface area contributed by atoms with Crippen LogP contribution in [0.2, 0.25) is 0 Å². The van der Waals surface area contributed by atoms with Crippen LogP contribution in [-0.4, -0.2) is 46.9 Å². The van der Waals surface area contributed by atoms with Crippen LogP contribution in [0.1, 0.15) is 16.7 Å². The molecular formula is C32H35NO6S. The van der Waals surface area contributed by atoms with Gasteiger partial charge in [0, 0.05) is 36.3 Å². The smallest absolute Gasteiger partial charge is 0.215 e. The highest BCUT2D eigenvalue weighted by Gasteiger charge is 2.25. The lowest BCUT2D eigenvalue weighted by Gasteiger charge is -2.24. The summed E-state index contributed by atoms with van der Waals surface area (Å²) in [6.45, 7) is 0.245. The first-order valence-electron chi connectivity index (χ1n) is 12.9. The van der Waals surface area contributed by atoms with E-state index in [4.69, 9.17) is 18.9 Å². The molecule has 0 saturated carbocycles. The normalized spacial score (nSPS) is 11.3.